The number of hydrogen-bond acceptors (Lipinski definition) is 4. The summed E-state index contributed by atoms with van der Waals surface area (Å²) in [6.45, 7) is 7.22. The molecule has 1 amide bonds. The Labute approximate surface area is 163 Å². The minimum absolute atomic E-state index is 0.0703. The summed E-state index contributed by atoms with van der Waals surface area (Å²) in [6.07, 6.45) is 2.75. The van der Waals surface area contributed by atoms with Gasteiger partial charge in [0.2, 0.25) is 5.78 Å². The first-order valence-corrected chi connectivity index (χ1v) is 8.99. The van der Waals surface area contributed by atoms with E-state index in [1.807, 2.05) is 53.9 Å². The van der Waals surface area contributed by atoms with Crippen LogP contribution in [0, 0.1) is 6.92 Å². The van der Waals surface area contributed by atoms with E-state index in [1.165, 1.54) is 6.21 Å². The Kier molecular flexibility index (Phi) is 5.31. The third-order valence-corrected chi connectivity index (χ3v) is 4.14. The number of nitrogens with zero attached hydrogens (tertiary/aromatic N) is 2. The van der Waals surface area contributed by atoms with Crippen molar-refractivity contribution in [3.05, 3.63) is 77.1 Å². The lowest BCUT2D eigenvalue weighted by molar-refractivity contribution is 0.0529. The van der Waals surface area contributed by atoms with Gasteiger partial charge in [-0.2, -0.15) is 5.10 Å². The van der Waals surface area contributed by atoms with Gasteiger partial charge in [0.15, 0.2) is 0 Å². The fourth-order valence-corrected chi connectivity index (χ4v) is 2.98. The molecule has 2 aromatic heterocycles. The van der Waals surface area contributed by atoms with Gasteiger partial charge in [0.05, 0.1) is 17.4 Å². The summed E-state index contributed by atoms with van der Waals surface area (Å²) in [5.74, 6) is -0.0703. The minimum Gasteiger partial charge on any atom is -0.443 e. The second-order valence-electron chi connectivity index (χ2n) is 7.41. The van der Waals surface area contributed by atoms with E-state index in [1.54, 1.807) is 32.9 Å². The van der Waals surface area contributed by atoms with Crippen molar-refractivity contribution in [1.29, 1.82) is 0 Å². The van der Waals surface area contributed by atoms with E-state index in [4.69, 9.17) is 4.74 Å². The van der Waals surface area contributed by atoms with Gasteiger partial charge in [-0.05, 0) is 45.4 Å². The summed E-state index contributed by atoms with van der Waals surface area (Å²) in [7, 11) is 0. The largest absolute Gasteiger partial charge is 0.443 e. The Morgan fingerprint density at radius 2 is 1.75 bits per heavy atom. The molecule has 6 heteroatoms. The molecule has 0 unspecified atom stereocenters. The van der Waals surface area contributed by atoms with Crippen LogP contribution in [-0.4, -0.2) is 28.1 Å². The highest BCUT2D eigenvalue weighted by Gasteiger charge is 2.21. The molecule has 3 rings (SSSR count). The van der Waals surface area contributed by atoms with E-state index in [0.717, 1.165) is 16.6 Å². The summed E-state index contributed by atoms with van der Waals surface area (Å²) in [6, 6.07) is 14.8. The smallest absolute Gasteiger partial charge is 0.428 e. The standard InChI is InChI=1S/C22H23N3O3/c1-15-17(14-23-24-21(27)28-22(2,3)4)18-12-8-9-13-25(18)19(15)20(26)16-10-6-5-7-11-16/h5-14H,1-4H3,(H,24,27)/b23-14-. The number of carbonyl (C=O) groups excluding carboxylic acids is 2. The van der Waals surface area contributed by atoms with Gasteiger partial charge in [-0.1, -0.05) is 36.4 Å². The van der Waals surface area contributed by atoms with Gasteiger partial charge in [0, 0.05) is 17.3 Å². The number of nitrogens with one attached hydrogen (secondary N) is 1. The number of carbonyl (C=O) groups is 2. The van der Waals surface area contributed by atoms with E-state index >= 15 is 0 Å². The number of ketones is 1. The number of amides is 1. The summed E-state index contributed by atoms with van der Waals surface area (Å²) in [5, 5.41) is 4.01. The molecule has 0 aliphatic carbocycles. The Balaban J connectivity index is 1.96. The molecule has 2 heterocycles. The zero-order valence-corrected chi connectivity index (χ0v) is 16.4. The van der Waals surface area contributed by atoms with Crippen molar-refractivity contribution in [2.45, 2.75) is 33.3 Å². The average Bonchev–Trinajstić information content (AvgIpc) is 2.92. The molecule has 0 radical (unpaired) electrons. The predicted molar refractivity (Wildman–Crippen MR) is 109 cm³/mol. The molecular weight excluding hydrogens is 354 g/mol. The lowest BCUT2D eigenvalue weighted by Gasteiger charge is -2.18. The molecule has 144 valence electrons. The number of hydrogen-bond donors (Lipinski definition) is 1. The number of benzene rings is 1. The third-order valence-electron chi connectivity index (χ3n) is 4.14. The van der Waals surface area contributed by atoms with Gasteiger partial charge in [-0.25, -0.2) is 10.2 Å². The Bertz CT molecular complexity index is 1040. The first-order valence-electron chi connectivity index (χ1n) is 8.99. The maximum absolute atomic E-state index is 13.1. The predicted octanol–water partition coefficient (Wildman–Crippen LogP) is 4.34. The van der Waals surface area contributed by atoms with Crippen molar-refractivity contribution in [2.24, 2.45) is 5.10 Å². The molecule has 0 aliphatic rings. The zero-order chi connectivity index (χ0) is 20.3. The van der Waals surface area contributed by atoms with E-state index < -0.39 is 11.7 Å². The highest BCUT2D eigenvalue weighted by atomic mass is 16.6. The van der Waals surface area contributed by atoms with Gasteiger partial charge in [-0.3, -0.25) is 4.79 Å². The number of ether oxygens (including phenoxy) is 1. The fourth-order valence-electron chi connectivity index (χ4n) is 2.98. The van der Waals surface area contributed by atoms with Gasteiger partial charge in [0.25, 0.3) is 0 Å². The van der Waals surface area contributed by atoms with Crippen LogP contribution in [0.25, 0.3) is 5.52 Å². The summed E-state index contributed by atoms with van der Waals surface area (Å²) in [5.41, 5.74) is 5.32. The average molecular weight is 377 g/mol. The van der Waals surface area contributed by atoms with Crippen LogP contribution in [0.5, 0.6) is 0 Å². The van der Waals surface area contributed by atoms with Gasteiger partial charge >= 0.3 is 6.09 Å². The summed E-state index contributed by atoms with van der Waals surface area (Å²) in [4.78, 5) is 24.9. The number of hydrazone groups is 1. The maximum Gasteiger partial charge on any atom is 0.428 e. The Hall–Kier alpha value is -3.41. The summed E-state index contributed by atoms with van der Waals surface area (Å²) >= 11 is 0. The van der Waals surface area contributed by atoms with Crippen LogP contribution in [-0.2, 0) is 4.74 Å². The first kappa shape index (κ1) is 19.4. The van der Waals surface area contributed by atoms with Crippen LogP contribution in [0.4, 0.5) is 4.79 Å². The molecule has 0 bridgehead atoms. The number of aromatic nitrogens is 1. The molecule has 3 aromatic rings. The monoisotopic (exact) mass is 377 g/mol. The molecule has 0 aliphatic heterocycles. The highest BCUT2D eigenvalue weighted by molar-refractivity contribution is 6.11. The molecule has 1 N–H and O–H groups in total. The second-order valence-corrected chi connectivity index (χ2v) is 7.41. The number of fused-ring (bicyclic) bond motifs is 1. The maximum atomic E-state index is 13.1. The van der Waals surface area contributed by atoms with Crippen molar-refractivity contribution in [3.63, 3.8) is 0 Å². The molecule has 0 saturated carbocycles. The van der Waals surface area contributed by atoms with Crippen LogP contribution < -0.4 is 5.43 Å². The fraction of sp³-hybridized carbons (Fsp3) is 0.227. The molecular formula is C22H23N3O3. The lowest BCUT2D eigenvalue weighted by Crippen LogP contribution is -2.29. The Morgan fingerprint density at radius 3 is 2.43 bits per heavy atom. The van der Waals surface area contributed by atoms with Crippen LogP contribution in [0.1, 0.15) is 48.0 Å². The molecule has 0 fully saturated rings. The first-order chi connectivity index (χ1) is 13.3. The molecule has 0 atom stereocenters. The highest BCUT2D eigenvalue weighted by Crippen LogP contribution is 2.24. The molecule has 6 nitrogen and oxygen atoms in total. The van der Waals surface area contributed by atoms with Crippen molar-refractivity contribution in [1.82, 2.24) is 9.83 Å². The quantitative estimate of drug-likeness (QED) is 0.418. The molecule has 0 saturated heterocycles. The molecule has 0 spiro atoms. The normalized spacial score (nSPS) is 11.7. The topological polar surface area (TPSA) is 72.2 Å². The van der Waals surface area contributed by atoms with Crippen LogP contribution >= 0.6 is 0 Å². The molecule has 1 aromatic carbocycles. The van der Waals surface area contributed by atoms with Crippen LogP contribution in [0.15, 0.2) is 59.8 Å². The molecule has 28 heavy (non-hydrogen) atoms. The lowest BCUT2D eigenvalue weighted by atomic mass is 10.0. The van der Waals surface area contributed by atoms with Gasteiger partial charge < -0.3 is 9.14 Å². The van der Waals surface area contributed by atoms with E-state index in [9.17, 15) is 9.59 Å². The Morgan fingerprint density at radius 1 is 1.07 bits per heavy atom. The zero-order valence-electron chi connectivity index (χ0n) is 16.4. The second kappa shape index (κ2) is 7.68. The number of rotatable bonds is 4. The van der Waals surface area contributed by atoms with E-state index in [-0.39, 0.29) is 5.78 Å². The van der Waals surface area contributed by atoms with Crippen LogP contribution in [0.2, 0.25) is 0 Å². The van der Waals surface area contributed by atoms with E-state index in [2.05, 4.69) is 10.5 Å². The van der Waals surface area contributed by atoms with Gasteiger partial charge in [-0.15, -0.1) is 0 Å². The van der Waals surface area contributed by atoms with Crippen molar-refractivity contribution in [2.75, 3.05) is 0 Å². The van der Waals surface area contributed by atoms with Crippen LogP contribution in [0.3, 0.4) is 0 Å². The third kappa shape index (κ3) is 4.11. The SMILES string of the molecule is Cc1c(/C=N\NC(=O)OC(C)(C)C)c2ccccn2c1C(=O)c1ccccc1. The van der Waals surface area contributed by atoms with Gasteiger partial charge in [0.1, 0.15) is 5.60 Å². The van der Waals surface area contributed by atoms with E-state index in [0.29, 0.717) is 11.3 Å². The van der Waals surface area contributed by atoms with Crippen molar-refractivity contribution in [3.8, 4) is 0 Å². The van der Waals surface area contributed by atoms with Crippen molar-refractivity contribution >= 4 is 23.6 Å². The number of pyridine rings is 1. The van der Waals surface area contributed by atoms with Crippen molar-refractivity contribution < 1.29 is 14.3 Å². The minimum atomic E-state index is -0.634. The summed E-state index contributed by atoms with van der Waals surface area (Å²) < 4.78 is 7.02.